The van der Waals surface area contributed by atoms with Crippen molar-refractivity contribution in [2.24, 2.45) is 0 Å². The molecule has 0 aliphatic rings. The van der Waals surface area contributed by atoms with Crippen molar-refractivity contribution in [3.05, 3.63) is 69.4 Å². The quantitative estimate of drug-likeness (QED) is 0.481. The second kappa shape index (κ2) is 9.06. The molecule has 0 amide bonds. The highest BCUT2D eigenvalue weighted by Gasteiger charge is 2.11. The highest BCUT2D eigenvalue weighted by atomic mass is 79.9. The molecule has 24 heavy (non-hydrogen) atoms. The van der Waals surface area contributed by atoms with E-state index in [1.54, 1.807) is 19.3 Å². The zero-order valence-electron chi connectivity index (χ0n) is 13.2. The van der Waals surface area contributed by atoms with Crippen LogP contribution in [-0.2, 0) is 13.2 Å². The van der Waals surface area contributed by atoms with E-state index >= 15 is 0 Å². The van der Waals surface area contributed by atoms with Crippen LogP contribution in [-0.4, -0.2) is 13.7 Å². The number of nitrogens with one attached hydrogen (secondary N) is 1. The van der Waals surface area contributed by atoms with Crippen molar-refractivity contribution in [2.75, 3.05) is 13.7 Å². The monoisotopic (exact) mass is 413 g/mol. The molecule has 0 bridgehead atoms. The third-order valence-corrected chi connectivity index (χ3v) is 4.43. The molecule has 0 fully saturated rings. The Morgan fingerprint density at radius 2 is 2.04 bits per heavy atom. The predicted octanol–water partition coefficient (Wildman–Crippen LogP) is 5.10. The topological polar surface area (TPSA) is 30.5 Å². The van der Waals surface area contributed by atoms with Crippen molar-refractivity contribution in [3.8, 4) is 11.5 Å². The van der Waals surface area contributed by atoms with Crippen LogP contribution in [0.5, 0.6) is 11.5 Å². The van der Waals surface area contributed by atoms with Crippen LogP contribution in [0.15, 0.2) is 47.5 Å². The average Bonchev–Trinajstić information content (AvgIpc) is 2.56. The number of benzene rings is 2. The fourth-order valence-electron chi connectivity index (χ4n) is 2.09. The van der Waals surface area contributed by atoms with Crippen LogP contribution in [0.4, 0.5) is 4.39 Å². The van der Waals surface area contributed by atoms with Gasteiger partial charge in [-0.05, 0) is 29.8 Å². The molecule has 0 unspecified atom stereocenters. The van der Waals surface area contributed by atoms with Gasteiger partial charge in [0.1, 0.15) is 12.4 Å². The lowest BCUT2D eigenvalue weighted by atomic mass is 10.2. The van der Waals surface area contributed by atoms with Gasteiger partial charge in [0, 0.05) is 23.1 Å². The smallest absolute Gasteiger partial charge is 0.162 e. The SMILES string of the molecule is C=CCNCc1cc(OC)c(OCc2ccc(F)cc2Cl)cc1Br. The molecule has 128 valence electrons. The van der Waals surface area contributed by atoms with Crippen molar-refractivity contribution < 1.29 is 13.9 Å². The van der Waals surface area contributed by atoms with Gasteiger partial charge in [-0.25, -0.2) is 4.39 Å². The van der Waals surface area contributed by atoms with Gasteiger partial charge >= 0.3 is 0 Å². The van der Waals surface area contributed by atoms with Gasteiger partial charge in [-0.3, -0.25) is 0 Å². The lowest BCUT2D eigenvalue weighted by molar-refractivity contribution is 0.284. The molecule has 0 heterocycles. The first-order chi connectivity index (χ1) is 11.5. The minimum atomic E-state index is -0.375. The fraction of sp³-hybridized carbons (Fsp3) is 0.222. The number of rotatable bonds is 8. The van der Waals surface area contributed by atoms with Crippen LogP contribution in [0, 0.1) is 5.82 Å². The number of ether oxygens (including phenoxy) is 2. The molecule has 0 aliphatic carbocycles. The zero-order chi connectivity index (χ0) is 17.5. The van der Waals surface area contributed by atoms with Gasteiger partial charge in [-0.1, -0.05) is 39.7 Å². The van der Waals surface area contributed by atoms with E-state index in [0.717, 1.165) is 16.6 Å². The predicted molar refractivity (Wildman–Crippen MR) is 98.3 cm³/mol. The molecule has 0 aromatic heterocycles. The lowest BCUT2D eigenvalue weighted by Gasteiger charge is -2.15. The Labute approximate surface area is 154 Å². The first kappa shape index (κ1) is 18.8. The molecular formula is C18H18BrClFNO2. The summed E-state index contributed by atoms with van der Waals surface area (Å²) >= 11 is 9.56. The standard InChI is InChI=1S/C18H18BrClFNO2/c1-3-6-22-10-13-7-17(23-2)18(9-15(13)19)24-11-12-4-5-14(21)8-16(12)20/h3-5,7-9,22H,1,6,10-11H2,2H3. The molecule has 2 aromatic rings. The van der Waals surface area contributed by atoms with Crippen molar-refractivity contribution >= 4 is 27.5 Å². The van der Waals surface area contributed by atoms with Crippen LogP contribution in [0.3, 0.4) is 0 Å². The van der Waals surface area contributed by atoms with Gasteiger partial charge in [0.2, 0.25) is 0 Å². The van der Waals surface area contributed by atoms with Gasteiger partial charge in [0.25, 0.3) is 0 Å². The van der Waals surface area contributed by atoms with Crippen LogP contribution >= 0.6 is 27.5 Å². The van der Waals surface area contributed by atoms with Crippen molar-refractivity contribution in [2.45, 2.75) is 13.2 Å². The Morgan fingerprint density at radius 3 is 2.71 bits per heavy atom. The summed E-state index contributed by atoms with van der Waals surface area (Å²) in [7, 11) is 1.59. The Morgan fingerprint density at radius 1 is 1.25 bits per heavy atom. The van der Waals surface area contributed by atoms with Gasteiger partial charge < -0.3 is 14.8 Å². The Hall–Kier alpha value is -1.56. The summed E-state index contributed by atoms with van der Waals surface area (Å²) in [4.78, 5) is 0. The van der Waals surface area contributed by atoms with Gasteiger partial charge in [0.15, 0.2) is 11.5 Å². The third kappa shape index (κ3) is 4.97. The molecule has 0 radical (unpaired) electrons. The summed E-state index contributed by atoms with van der Waals surface area (Å²) in [6.45, 7) is 5.28. The Kier molecular flexibility index (Phi) is 7.09. The maximum atomic E-state index is 13.1. The fourth-order valence-corrected chi connectivity index (χ4v) is 2.77. The first-order valence-electron chi connectivity index (χ1n) is 7.30. The van der Waals surface area contributed by atoms with E-state index in [4.69, 9.17) is 21.1 Å². The number of methoxy groups -OCH3 is 1. The largest absolute Gasteiger partial charge is 0.493 e. The molecule has 0 saturated carbocycles. The molecule has 0 atom stereocenters. The summed E-state index contributed by atoms with van der Waals surface area (Å²) in [5.74, 6) is 0.824. The van der Waals surface area contributed by atoms with Crippen LogP contribution in [0.1, 0.15) is 11.1 Å². The summed E-state index contributed by atoms with van der Waals surface area (Å²) in [5.41, 5.74) is 1.74. The molecule has 0 spiro atoms. The molecule has 1 N–H and O–H groups in total. The normalized spacial score (nSPS) is 10.5. The molecule has 3 nitrogen and oxygen atoms in total. The maximum absolute atomic E-state index is 13.1. The van der Waals surface area contributed by atoms with E-state index in [0.29, 0.717) is 28.6 Å². The van der Waals surface area contributed by atoms with Crippen LogP contribution in [0.2, 0.25) is 5.02 Å². The van der Waals surface area contributed by atoms with E-state index in [1.165, 1.54) is 12.1 Å². The lowest BCUT2D eigenvalue weighted by Crippen LogP contribution is -2.13. The summed E-state index contributed by atoms with van der Waals surface area (Å²) in [6, 6.07) is 7.98. The van der Waals surface area contributed by atoms with E-state index in [9.17, 15) is 4.39 Å². The summed E-state index contributed by atoms with van der Waals surface area (Å²) < 4.78 is 25.2. The molecule has 6 heteroatoms. The highest BCUT2D eigenvalue weighted by molar-refractivity contribution is 9.10. The molecule has 2 rings (SSSR count). The zero-order valence-corrected chi connectivity index (χ0v) is 15.6. The second-order valence-corrected chi connectivity index (χ2v) is 6.30. The van der Waals surface area contributed by atoms with Gasteiger partial charge in [0.05, 0.1) is 12.1 Å². The minimum absolute atomic E-state index is 0.218. The number of hydrogen-bond donors (Lipinski definition) is 1. The maximum Gasteiger partial charge on any atom is 0.162 e. The third-order valence-electron chi connectivity index (χ3n) is 3.34. The van der Waals surface area contributed by atoms with Crippen molar-refractivity contribution in [1.29, 1.82) is 0 Å². The Bertz CT molecular complexity index is 724. The van der Waals surface area contributed by atoms with Gasteiger partial charge in [-0.15, -0.1) is 6.58 Å². The van der Waals surface area contributed by atoms with E-state index in [1.807, 2.05) is 12.1 Å². The molecular weight excluding hydrogens is 397 g/mol. The minimum Gasteiger partial charge on any atom is -0.493 e. The molecule has 0 saturated heterocycles. The number of hydrogen-bond acceptors (Lipinski definition) is 3. The van der Waals surface area contributed by atoms with E-state index in [2.05, 4.69) is 27.8 Å². The van der Waals surface area contributed by atoms with Crippen LogP contribution < -0.4 is 14.8 Å². The van der Waals surface area contributed by atoms with Crippen LogP contribution in [0.25, 0.3) is 0 Å². The average molecular weight is 415 g/mol. The first-order valence-corrected chi connectivity index (χ1v) is 8.47. The Balaban J connectivity index is 2.14. The number of halogens is 3. The van der Waals surface area contributed by atoms with Crippen molar-refractivity contribution in [1.82, 2.24) is 5.32 Å². The summed E-state index contributed by atoms with van der Waals surface area (Å²) in [6.07, 6.45) is 1.80. The van der Waals surface area contributed by atoms with Crippen molar-refractivity contribution in [3.63, 3.8) is 0 Å². The van der Waals surface area contributed by atoms with E-state index in [-0.39, 0.29) is 12.4 Å². The van der Waals surface area contributed by atoms with E-state index < -0.39 is 0 Å². The molecule has 0 aliphatic heterocycles. The summed E-state index contributed by atoms with van der Waals surface area (Å²) in [5, 5.41) is 3.57. The molecule has 2 aromatic carbocycles. The highest BCUT2D eigenvalue weighted by Crippen LogP contribution is 2.34. The van der Waals surface area contributed by atoms with Gasteiger partial charge in [-0.2, -0.15) is 0 Å². The second-order valence-electron chi connectivity index (χ2n) is 5.04.